The Morgan fingerprint density at radius 3 is 2.85 bits per heavy atom. The van der Waals surface area contributed by atoms with Gasteiger partial charge in [-0.2, -0.15) is 0 Å². The zero-order valence-electron chi connectivity index (χ0n) is 11.0. The minimum Gasteiger partial charge on any atom is -0.439 e. The van der Waals surface area contributed by atoms with E-state index in [9.17, 15) is 9.59 Å². The lowest BCUT2D eigenvalue weighted by Crippen LogP contribution is -2.52. The summed E-state index contributed by atoms with van der Waals surface area (Å²) in [6, 6.07) is 5.27. The number of hydrogen-bond donors (Lipinski definition) is 1. The molecule has 104 valence electrons. The minimum absolute atomic E-state index is 0.173. The van der Waals surface area contributed by atoms with Crippen molar-refractivity contribution in [2.45, 2.75) is 6.54 Å². The van der Waals surface area contributed by atoms with Gasteiger partial charge in [0.15, 0.2) is 5.58 Å². The highest BCUT2D eigenvalue weighted by molar-refractivity contribution is 6.35. The number of piperazine rings is 1. The molecule has 0 unspecified atom stereocenters. The molecular weight excluding hydrogens is 260 g/mol. The number of aromatic nitrogens is 1. The van der Waals surface area contributed by atoms with Crippen LogP contribution in [-0.2, 0) is 16.1 Å². The minimum atomic E-state index is -0.533. The van der Waals surface area contributed by atoms with Crippen molar-refractivity contribution in [2.75, 3.05) is 25.9 Å². The molecule has 0 aliphatic carbocycles. The predicted molar refractivity (Wildman–Crippen MR) is 71.5 cm³/mol. The van der Waals surface area contributed by atoms with Crippen LogP contribution in [0, 0.1) is 0 Å². The molecule has 1 aromatic heterocycles. The summed E-state index contributed by atoms with van der Waals surface area (Å²) in [7, 11) is 1.61. The van der Waals surface area contributed by atoms with Crippen LogP contribution in [-0.4, -0.2) is 46.7 Å². The monoisotopic (exact) mass is 274 g/mol. The quantitative estimate of drug-likeness (QED) is 0.624. The molecule has 7 heteroatoms. The van der Waals surface area contributed by atoms with Gasteiger partial charge in [-0.1, -0.05) is 6.07 Å². The van der Waals surface area contributed by atoms with Crippen LogP contribution in [0.15, 0.2) is 22.6 Å². The molecule has 3 rings (SSSR count). The highest BCUT2D eigenvalue weighted by Crippen LogP contribution is 2.22. The fourth-order valence-corrected chi connectivity index (χ4v) is 2.17. The van der Waals surface area contributed by atoms with Gasteiger partial charge in [0.25, 0.3) is 0 Å². The molecule has 1 aliphatic rings. The Kier molecular flexibility index (Phi) is 2.81. The van der Waals surface area contributed by atoms with Gasteiger partial charge >= 0.3 is 11.8 Å². The zero-order valence-corrected chi connectivity index (χ0v) is 11.0. The second-order valence-electron chi connectivity index (χ2n) is 4.76. The number of hydrogen-bond acceptors (Lipinski definition) is 5. The second kappa shape index (κ2) is 4.52. The summed E-state index contributed by atoms with van der Waals surface area (Å²) < 4.78 is 5.55. The van der Waals surface area contributed by atoms with E-state index in [4.69, 9.17) is 10.2 Å². The zero-order chi connectivity index (χ0) is 14.3. The third-order valence-electron chi connectivity index (χ3n) is 3.34. The maximum absolute atomic E-state index is 11.9. The van der Waals surface area contributed by atoms with Crippen LogP contribution in [0.1, 0.15) is 5.89 Å². The number of nitrogens with zero attached hydrogens (tertiary/aromatic N) is 3. The van der Waals surface area contributed by atoms with E-state index in [-0.39, 0.29) is 6.54 Å². The molecule has 2 amide bonds. The lowest BCUT2D eigenvalue weighted by Gasteiger charge is -2.30. The van der Waals surface area contributed by atoms with E-state index in [0.29, 0.717) is 35.8 Å². The molecule has 0 spiro atoms. The Balaban J connectivity index is 1.85. The number of rotatable bonds is 2. The van der Waals surface area contributed by atoms with Crippen molar-refractivity contribution in [3.63, 3.8) is 0 Å². The van der Waals surface area contributed by atoms with Crippen molar-refractivity contribution in [3.8, 4) is 0 Å². The fourth-order valence-electron chi connectivity index (χ4n) is 2.17. The molecule has 0 saturated carbocycles. The average Bonchev–Trinajstić information content (AvgIpc) is 2.84. The Labute approximate surface area is 114 Å². The van der Waals surface area contributed by atoms with Crippen molar-refractivity contribution in [1.82, 2.24) is 14.8 Å². The van der Waals surface area contributed by atoms with Crippen molar-refractivity contribution in [2.24, 2.45) is 0 Å². The molecule has 0 radical (unpaired) electrons. The maximum atomic E-state index is 11.9. The first-order chi connectivity index (χ1) is 9.56. The molecule has 1 fully saturated rings. The number of amides is 2. The van der Waals surface area contributed by atoms with Crippen molar-refractivity contribution in [1.29, 1.82) is 0 Å². The fraction of sp³-hybridized carbons (Fsp3) is 0.308. The lowest BCUT2D eigenvalue weighted by molar-refractivity contribution is -0.155. The summed E-state index contributed by atoms with van der Waals surface area (Å²) in [4.78, 5) is 30.6. The Morgan fingerprint density at radius 1 is 1.30 bits per heavy atom. The van der Waals surface area contributed by atoms with Gasteiger partial charge in [-0.3, -0.25) is 9.59 Å². The second-order valence-corrected chi connectivity index (χ2v) is 4.76. The number of carbonyl (C=O) groups excluding carboxylic acids is 2. The molecule has 2 heterocycles. The first-order valence-corrected chi connectivity index (χ1v) is 6.24. The summed E-state index contributed by atoms with van der Waals surface area (Å²) in [6.07, 6.45) is 0. The lowest BCUT2D eigenvalue weighted by atomic mass is 10.3. The van der Waals surface area contributed by atoms with Gasteiger partial charge in [0.1, 0.15) is 5.52 Å². The number of fused-ring (bicyclic) bond motifs is 1. The maximum Gasteiger partial charge on any atom is 0.312 e. The molecule has 2 aromatic rings. The molecule has 0 bridgehead atoms. The first-order valence-electron chi connectivity index (χ1n) is 6.24. The summed E-state index contributed by atoms with van der Waals surface area (Å²) in [5.74, 6) is -0.663. The normalized spacial score (nSPS) is 16.2. The molecular formula is C13H14N4O3. The van der Waals surface area contributed by atoms with Crippen LogP contribution < -0.4 is 5.73 Å². The Morgan fingerprint density at radius 2 is 2.10 bits per heavy atom. The summed E-state index contributed by atoms with van der Waals surface area (Å²) in [5, 5.41) is 0. The van der Waals surface area contributed by atoms with Gasteiger partial charge in [0, 0.05) is 20.1 Å². The van der Waals surface area contributed by atoms with Crippen LogP contribution in [0.5, 0.6) is 0 Å². The van der Waals surface area contributed by atoms with Crippen molar-refractivity contribution >= 4 is 28.6 Å². The highest BCUT2D eigenvalue weighted by Gasteiger charge is 2.31. The average molecular weight is 274 g/mol. The van der Waals surface area contributed by atoms with Gasteiger partial charge in [0.05, 0.1) is 12.2 Å². The molecule has 1 aliphatic heterocycles. The van der Waals surface area contributed by atoms with Gasteiger partial charge in [-0.05, 0) is 12.1 Å². The van der Waals surface area contributed by atoms with Gasteiger partial charge in [-0.25, -0.2) is 4.98 Å². The number of nitrogens with two attached hydrogens (primary N) is 1. The van der Waals surface area contributed by atoms with E-state index in [2.05, 4.69) is 4.98 Å². The van der Waals surface area contributed by atoms with E-state index in [0.717, 1.165) is 0 Å². The van der Waals surface area contributed by atoms with Gasteiger partial charge < -0.3 is 20.0 Å². The molecule has 1 saturated heterocycles. The number of para-hydroxylation sites is 1. The largest absolute Gasteiger partial charge is 0.439 e. The van der Waals surface area contributed by atoms with Gasteiger partial charge in [-0.15, -0.1) is 0 Å². The summed E-state index contributed by atoms with van der Waals surface area (Å²) >= 11 is 0. The van der Waals surface area contributed by atoms with Crippen LogP contribution in [0.4, 0.5) is 5.69 Å². The summed E-state index contributed by atoms with van der Waals surface area (Å²) in [5.41, 5.74) is 7.49. The van der Waals surface area contributed by atoms with Crippen molar-refractivity contribution < 1.29 is 14.0 Å². The number of carbonyl (C=O) groups is 2. The van der Waals surface area contributed by atoms with E-state index < -0.39 is 11.8 Å². The first kappa shape index (κ1) is 12.5. The van der Waals surface area contributed by atoms with E-state index in [1.54, 1.807) is 25.2 Å². The number of likely N-dealkylation sites (N-methyl/N-ethyl adjacent to an activating group) is 1. The molecule has 2 N–H and O–H groups in total. The topological polar surface area (TPSA) is 92.7 Å². The van der Waals surface area contributed by atoms with Crippen LogP contribution in [0.3, 0.4) is 0 Å². The standard InChI is InChI=1S/C13H14N4O3/c1-16-5-6-17(13(19)12(16)18)7-10-15-11-8(14)3-2-4-9(11)20-10/h2-4H,5-7,14H2,1H3. The number of nitrogen functional groups attached to an aromatic ring is 1. The Bertz CT molecular complexity index is 694. The van der Waals surface area contributed by atoms with Crippen LogP contribution in [0.2, 0.25) is 0 Å². The predicted octanol–water partition coefficient (Wildman–Crippen LogP) is 0.211. The molecule has 1 aromatic carbocycles. The van der Waals surface area contributed by atoms with E-state index in [1.807, 2.05) is 0 Å². The third-order valence-corrected chi connectivity index (χ3v) is 3.34. The Hall–Kier alpha value is -2.57. The SMILES string of the molecule is CN1CCN(Cc2nc3c(N)cccc3o2)C(=O)C1=O. The van der Waals surface area contributed by atoms with Crippen molar-refractivity contribution in [3.05, 3.63) is 24.1 Å². The summed E-state index contributed by atoms with van der Waals surface area (Å²) in [6.45, 7) is 1.15. The smallest absolute Gasteiger partial charge is 0.312 e. The number of benzene rings is 1. The van der Waals surface area contributed by atoms with Crippen LogP contribution in [0.25, 0.3) is 11.1 Å². The molecule has 20 heavy (non-hydrogen) atoms. The number of oxazole rings is 1. The van der Waals surface area contributed by atoms with E-state index >= 15 is 0 Å². The molecule has 7 nitrogen and oxygen atoms in total. The van der Waals surface area contributed by atoms with Gasteiger partial charge in [0.2, 0.25) is 5.89 Å². The third kappa shape index (κ3) is 1.97. The molecule has 0 atom stereocenters. The van der Waals surface area contributed by atoms with E-state index in [1.165, 1.54) is 9.80 Å². The number of anilines is 1. The highest BCUT2D eigenvalue weighted by atomic mass is 16.3. The van der Waals surface area contributed by atoms with Crippen LogP contribution >= 0.6 is 0 Å².